The van der Waals surface area contributed by atoms with Crippen LogP contribution in [-0.2, 0) is 6.54 Å². The van der Waals surface area contributed by atoms with E-state index < -0.39 is 0 Å². The van der Waals surface area contributed by atoms with Crippen LogP contribution in [0.4, 0.5) is 17.5 Å². The Morgan fingerprint density at radius 2 is 1.68 bits per heavy atom. The standard InChI is InChI=1S/C19H16ClN5/c20-15-6-8-16(13-4-2-1-3-12(13)15)23-10-11-5-7-17-14(9-11)18(21)25-19(22)24-17/h1-9,23H,10H2,(H4,21,22,24,25). The average Bonchev–Trinajstić information content (AvgIpc) is 2.61. The number of hydrogen-bond acceptors (Lipinski definition) is 5. The Morgan fingerprint density at radius 3 is 2.52 bits per heavy atom. The van der Waals surface area contributed by atoms with Gasteiger partial charge in [-0.15, -0.1) is 0 Å². The maximum Gasteiger partial charge on any atom is 0.222 e. The lowest BCUT2D eigenvalue weighted by Gasteiger charge is -2.12. The summed E-state index contributed by atoms with van der Waals surface area (Å²) in [6.07, 6.45) is 0. The fourth-order valence-corrected chi connectivity index (χ4v) is 3.17. The lowest BCUT2D eigenvalue weighted by molar-refractivity contribution is 1.15. The van der Waals surface area contributed by atoms with Gasteiger partial charge in [-0.05, 0) is 29.8 Å². The van der Waals surface area contributed by atoms with Crippen molar-refractivity contribution in [2.75, 3.05) is 16.8 Å². The quantitative estimate of drug-likeness (QED) is 0.515. The molecule has 0 saturated heterocycles. The van der Waals surface area contributed by atoms with Crippen LogP contribution in [0.2, 0.25) is 5.02 Å². The van der Waals surface area contributed by atoms with Crippen molar-refractivity contribution in [3.8, 4) is 0 Å². The maximum absolute atomic E-state index is 6.28. The van der Waals surface area contributed by atoms with Gasteiger partial charge in [-0.1, -0.05) is 41.9 Å². The largest absolute Gasteiger partial charge is 0.383 e. The van der Waals surface area contributed by atoms with E-state index in [1.54, 1.807) is 0 Å². The van der Waals surface area contributed by atoms with E-state index in [2.05, 4.69) is 21.4 Å². The Kier molecular flexibility index (Phi) is 3.78. The molecule has 25 heavy (non-hydrogen) atoms. The summed E-state index contributed by atoms with van der Waals surface area (Å²) in [7, 11) is 0. The molecule has 0 radical (unpaired) electrons. The van der Waals surface area contributed by atoms with Gasteiger partial charge in [-0.3, -0.25) is 0 Å². The molecule has 5 nitrogen and oxygen atoms in total. The summed E-state index contributed by atoms with van der Waals surface area (Å²) in [6, 6.07) is 17.8. The van der Waals surface area contributed by atoms with Crippen LogP contribution >= 0.6 is 11.6 Å². The zero-order valence-corrected chi connectivity index (χ0v) is 14.1. The SMILES string of the molecule is Nc1nc(N)c2cc(CNc3ccc(Cl)c4ccccc34)ccc2n1. The summed E-state index contributed by atoms with van der Waals surface area (Å²) < 4.78 is 0. The molecule has 0 aliphatic heterocycles. The summed E-state index contributed by atoms with van der Waals surface area (Å²) in [4.78, 5) is 8.22. The summed E-state index contributed by atoms with van der Waals surface area (Å²) in [5.74, 6) is 0.574. The van der Waals surface area contributed by atoms with E-state index in [9.17, 15) is 0 Å². The predicted octanol–water partition coefficient (Wildman–Crippen LogP) is 4.21. The highest BCUT2D eigenvalue weighted by molar-refractivity contribution is 6.36. The second-order valence-corrected chi connectivity index (χ2v) is 6.22. The number of nitrogens with zero attached hydrogens (tertiary/aromatic N) is 2. The van der Waals surface area contributed by atoms with Crippen LogP contribution in [0.25, 0.3) is 21.7 Å². The first kappa shape index (κ1) is 15.5. The molecule has 0 spiro atoms. The minimum absolute atomic E-state index is 0.184. The third-order valence-corrected chi connectivity index (χ3v) is 4.49. The number of halogens is 1. The molecule has 0 saturated carbocycles. The van der Waals surface area contributed by atoms with Gasteiger partial charge in [0.1, 0.15) is 5.82 Å². The van der Waals surface area contributed by atoms with E-state index in [0.717, 1.165) is 37.9 Å². The van der Waals surface area contributed by atoms with Crippen molar-refractivity contribution in [3.63, 3.8) is 0 Å². The molecule has 5 N–H and O–H groups in total. The van der Waals surface area contributed by atoms with Gasteiger partial charge in [-0.2, -0.15) is 4.98 Å². The first-order chi connectivity index (χ1) is 12.1. The van der Waals surface area contributed by atoms with E-state index in [1.165, 1.54) is 0 Å². The number of fused-ring (bicyclic) bond motifs is 2. The van der Waals surface area contributed by atoms with E-state index in [0.29, 0.717) is 12.4 Å². The highest BCUT2D eigenvalue weighted by Crippen LogP contribution is 2.30. The zero-order valence-electron chi connectivity index (χ0n) is 13.3. The molecule has 0 unspecified atom stereocenters. The van der Waals surface area contributed by atoms with E-state index in [1.807, 2.05) is 48.5 Å². The van der Waals surface area contributed by atoms with E-state index in [4.69, 9.17) is 23.1 Å². The van der Waals surface area contributed by atoms with Gasteiger partial charge in [0.2, 0.25) is 5.95 Å². The predicted molar refractivity (Wildman–Crippen MR) is 105 cm³/mol. The van der Waals surface area contributed by atoms with Crippen molar-refractivity contribution < 1.29 is 0 Å². The number of benzene rings is 3. The van der Waals surface area contributed by atoms with Crippen LogP contribution in [-0.4, -0.2) is 9.97 Å². The molecular weight excluding hydrogens is 334 g/mol. The first-order valence-electron chi connectivity index (χ1n) is 7.84. The number of rotatable bonds is 3. The fourth-order valence-electron chi connectivity index (χ4n) is 2.94. The molecule has 4 rings (SSSR count). The minimum Gasteiger partial charge on any atom is -0.383 e. The normalized spacial score (nSPS) is 11.1. The smallest absolute Gasteiger partial charge is 0.222 e. The molecule has 0 atom stereocenters. The van der Waals surface area contributed by atoms with Crippen LogP contribution < -0.4 is 16.8 Å². The summed E-state index contributed by atoms with van der Waals surface area (Å²) >= 11 is 6.28. The lowest BCUT2D eigenvalue weighted by atomic mass is 10.1. The van der Waals surface area contributed by atoms with Gasteiger partial charge in [0.25, 0.3) is 0 Å². The number of hydrogen-bond donors (Lipinski definition) is 3. The Bertz CT molecular complexity index is 1090. The molecule has 1 heterocycles. The van der Waals surface area contributed by atoms with Gasteiger partial charge < -0.3 is 16.8 Å². The van der Waals surface area contributed by atoms with Crippen molar-refractivity contribution in [1.82, 2.24) is 9.97 Å². The molecule has 6 heteroatoms. The third kappa shape index (κ3) is 2.90. The minimum atomic E-state index is 0.184. The molecule has 1 aromatic heterocycles. The second-order valence-electron chi connectivity index (χ2n) is 5.81. The lowest BCUT2D eigenvalue weighted by Crippen LogP contribution is -2.03. The van der Waals surface area contributed by atoms with Crippen molar-refractivity contribution in [1.29, 1.82) is 0 Å². The van der Waals surface area contributed by atoms with Crippen molar-refractivity contribution >= 4 is 50.7 Å². The molecule has 4 aromatic rings. The Labute approximate surface area is 149 Å². The third-order valence-electron chi connectivity index (χ3n) is 4.16. The topological polar surface area (TPSA) is 89.8 Å². The second kappa shape index (κ2) is 6.11. The first-order valence-corrected chi connectivity index (χ1v) is 8.22. The fraction of sp³-hybridized carbons (Fsp3) is 0.0526. The highest BCUT2D eigenvalue weighted by Gasteiger charge is 2.07. The number of nitrogen functional groups attached to an aromatic ring is 2. The van der Waals surface area contributed by atoms with Crippen molar-refractivity contribution in [2.45, 2.75) is 6.54 Å². The van der Waals surface area contributed by atoms with Crippen LogP contribution in [0, 0.1) is 0 Å². The average molecular weight is 350 g/mol. The van der Waals surface area contributed by atoms with Crippen LogP contribution in [0.5, 0.6) is 0 Å². The monoisotopic (exact) mass is 349 g/mol. The molecule has 3 aromatic carbocycles. The number of nitrogens with one attached hydrogen (secondary N) is 1. The van der Waals surface area contributed by atoms with Gasteiger partial charge in [0.05, 0.1) is 5.52 Å². The number of aromatic nitrogens is 2. The van der Waals surface area contributed by atoms with Gasteiger partial charge in [-0.25, -0.2) is 4.98 Å². The van der Waals surface area contributed by atoms with Crippen LogP contribution in [0.1, 0.15) is 5.56 Å². The molecule has 0 amide bonds. The Morgan fingerprint density at radius 1 is 0.880 bits per heavy atom. The summed E-state index contributed by atoms with van der Waals surface area (Å²) in [5.41, 5.74) is 14.4. The Balaban J connectivity index is 1.66. The molecule has 0 aliphatic rings. The van der Waals surface area contributed by atoms with Gasteiger partial charge in [0.15, 0.2) is 0 Å². The number of anilines is 3. The van der Waals surface area contributed by atoms with E-state index in [-0.39, 0.29) is 5.95 Å². The molecular formula is C19H16ClN5. The van der Waals surface area contributed by atoms with Crippen LogP contribution in [0.15, 0.2) is 54.6 Å². The molecule has 124 valence electrons. The van der Waals surface area contributed by atoms with Crippen LogP contribution in [0.3, 0.4) is 0 Å². The maximum atomic E-state index is 6.28. The zero-order chi connectivity index (χ0) is 17.4. The summed E-state index contributed by atoms with van der Waals surface area (Å²) in [5, 5.41) is 7.12. The van der Waals surface area contributed by atoms with Gasteiger partial charge in [0, 0.05) is 33.4 Å². The summed E-state index contributed by atoms with van der Waals surface area (Å²) in [6.45, 7) is 0.644. The Hall–Kier alpha value is -3.05. The van der Waals surface area contributed by atoms with Crippen molar-refractivity contribution in [2.24, 2.45) is 0 Å². The molecule has 0 bridgehead atoms. The molecule has 0 aliphatic carbocycles. The van der Waals surface area contributed by atoms with Gasteiger partial charge >= 0.3 is 0 Å². The van der Waals surface area contributed by atoms with Crippen molar-refractivity contribution in [3.05, 3.63) is 65.2 Å². The molecule has 0 fully saturated rings. The number of nitrogens with two attached hydrogens (primary N) is 2. The van der Waals surface area contributed by atoms with E-state index >= 15 is 0 Å². The highest BCUT2D eigenvalue weighted by atomic mass is 35.5.